The van der Waals surface area contributed by atoms with Crippen molar-refractivity contribution in [2.75, 3.05) is 33.2 Å². The normalized spacial score (nSPS) is 34.5. The van der Waals surface area contributed by atoms with Gasteiger partial charge in [-0.05, 0) is 47.6 Å². The van der Waals surface area contributed by atoms with Crippen molar-refractivity contribution in [3.63, 3.8) is 0 Å². The molecule has 2 aliphatic rings. The SMILES string of the molecule is CC(CCC1(C)CN(C)CC(C)(C)O1)N1CCC(F)(F)CC1. The maximum Gasteiger partial charge on any atom is 0.250 e. The van der Waals surface area contributed by atoms with Crippen molar-refractivity contribution in [3.8, 4) is 0 Å². The third-order valence-electron chi connectivity index (χ3n) is 5.02. The number of rotatable bonds is 4. The number of ether oxygens (including phenoxy) is 1. The Labute approximate surface area is 134 Å². The van der Waals surface area contributed by atoms with Crippen LogP contribution < -0.4 is 0 Å². The number of alkyl halides is 2. The number of hydrogen-bond acceptors (Lipinski definition) is 3. The fourth-order valence-corrected chi connectivity index (χ4v) is 4.13. The first-order valence-electron chi connectivity index (χ1n) is 8.51. The standard InChI is InChI=1S/C17H32F2N2O/c1-14(21-10-8-17(18,19)9-11-21)6-7-16(4)13-20(5)12-15(2,3)22-16/h14H,6-13H2,1-5H3. The van der Waals surface area contributed by atoms with E-state index < -0.39 is 5.92 Å². The molecule has 5 heteroatoms. The van der Waals surface area contributed by atoms with Gasteiger partial charge >= 0.3 is 0 Å². The predicted molar refractivity (Wildman–Crippen MR) is 85.5 cm³/mol. The Morgan fingerprint density at radius 1 is 1.09 bits per heavy atom. The molecule has 2 fully saturated rings. The molecule has 2 heterocycles. The number of nitrogens with zero attached hydrogens (tertiary/aromatic N) is 2. The first kappa shape index (κ1) is 18.1. The predicted octanol–water partition coefficient (Wildman–Crippen LogP) is 3.39. The van der Waals surface area contributed by atoms with Crippen molar-refractivity contribution in [1.29, 1.82) is 0 Å². The van der Waals surface area contributed by atoms with Crippen LogP contribution in [0, 0.1) is 0 Å². The van der Waals surface area contributed by atoms with Gasteiger partial charge in [-0.3, -0.25) is 0 Å². The van der Waals surface area contributed by atoms with E-state index in [9.17, 15) is 8.78 Å². The summed E-state index contributed by atoms with van der Waals surface area (Å²) in [6.07, 6.45) is 1.96. The van der Waals surface area contributed by atoms with Crippen LogP contribution in [0.4, 0.5) is 8.78 Å². The van der Waals surface area contributed by atoms with Gasteiger partial charge in [-0.25, -0.2) is 8.78 Å². The van der Waals surface area contributed by atoms with E-state index in [1.54, 1.807) is 0 Å². The Balaban J connectivity index is 1.84. The van der Waals surface area contributed by atoms with E-state index in [1.807, 2.05) is 0 Å². The average molecular weight is 318 g/mol. The van der Waals surface area contributed by atoms with Gasteiger partial charge in [0.1, 0.15) is 0 Å². The number of morpholine rings is 1. The largest absolute Gasteiger partial charge is 0.367 e. The van der Waals surface area contributed by atoms with Crippen molar-refractivity contribution in [3.05, 3.63) is 0 Å². The number of likely N-dealkylation sites (tertiary alicyclic amines) is 1. The smallest absolute Gasteiger partial charge is 0.250 e. The zero-order valence-corrected chi connectivity index (χ0v) is 14.8. The van der Waals surface area contributed by atoms with Crippen molar-refractivity contribution >= 4 is 0 Å². The molecule has 22 heavy (non-hydrogen) atoms. The Morgan fingerprint density at radius 2 is 1.68 bits per heavy atom. The third kappa shape index (κ3) is 4.87. The first-order valence-corrected chi connectivity index (χ1v) is 8.51. The highest BCUT2D eigenvalue weighted by Crippen LogP contribution is 2.33. The summed E-state index contributed by atoms with van der Waals surface area (Å²) in [5, 5.41) is 0. The average Bonchev–Trinajstić information content (AvgIpc) is 2.33. The summed E-state index contributed by atoms with van der Waals surface area (Å²) < 4.78 is 32.8. The second kappa shape index (κ2) is 6.33. The van der Waals surface area contributed by atoms with Crippen molar-refractivity contribution < 1.29 is 13.5 Å². The fourth-order valence-electron chi connectivity index (χ4n) is 4.13. The molecule has 2 saturated heterocycles. The molecule has 0 aromatic carbocycles. The van der Waals surface area contributed by atoms with Gasteiger partial charge < -0.3 is 14.5 Å². The molecule has 2 aliphatic heterocycles. The van der Waals surface area contributed by atoms with Gasteiger partial charge in [0.15, 0.2) is 0 Å². The lowest BCUT2D eigenvalue weighted by atomic mass is 9.91. The fraction of sp³-hybridized carbons (Fsp3) is 1.00. The van der Waals surface area contributed by atoms with Crippen molar-refractivity contribution in [2.24, 2.45) is 0 Å². The van der Waals surface area contributed by atoms with Crippen molar-refractivity contribution in [2.45, 2.75) is 76.5 Å². The second-order valence-corrected chi connectivity index (χ2v) is 8.26. The lowest BCUT2D eigenvalue weighted by molar-refractivity contribution is -0.188. The first-order chi connectivity index (χ1) is 10.0. The summed E-state index contributed by atoms with van der Waals surface area (Å²) in [5.41, 5.74) is -0.275. The Hall–Kier alpha value is -0.260. The van der Waals surface area contributed by atoms with Crippen LogP contribution in [0.15, 0.2) is 0 Å². The van der Waals surface area contributed by atoms with Crippen molar-refractivity contribution in [1.82, 2.24) is 9.80 Å². The Morgan fingerprint density at radius 3 is 2.23 bits per heavy atom. The van der Waals surface area contributed by atoms with E-state index in [0.717, 1.165) is 25.9 Å². The number of halogens is 2. The summed E-state index contributed by atoms with van der Waals surface area (Å²) in [6, 6.07) is 0.340. The molecule has 2 rings (SSSR count). The van der Waals surface area contributed by atoms with Gasteiger partial charge in [0, 0.05) is 45.1 Å². The van der Waals surface area contributed by atoms with E-state index in [0.29, 0.717) is 19.1 Å². The molecule has 0 bridgehead atoms. The van der Waals surface area contributed by atoms with Crippen LogP contribution in [0.25, 0.3) is 0 Å². The molecular formula is C17H32F2N2O. The summed E-state index contributed by atoms with van der Waals surface area (Å²) >= 11 is 0. The molecule has 130 valence electrons. The number of piperidine rings is 1. The minimum atomic E-state index is -2.46. The van der Waals surface area contributed by atoms with Crippen LogP contribution >= 0.6 is 0 Å². The van der Waals surface area contributed by atoms with Gasteiger partial charge in [-0.15, -0.1) is 0 Å². The van der Waals surface area contributed by atoms with E-state index in [2.05, 4.69) is 44.5 Å². The Kier molecular flexibility index (Phi) is 5.20. The number of likely N-dealkylation sites (N-methyl/N-ethyl adjacent to an activating group) is 1. The molecule has 3 nitrogen and oxygen atoms in total. The molecule has 0 saturated carbocycles. The molecule has 2 atom stereocenters. The number of hydrogen-bond donors (Lipinski definition) is 0. The molecule has 2 unspecified atom stereocenters. The van der Waals surface area contributed by atoms with Crippen LogP contribution in [-0.4, -0.2) is 66.2 Å². The van der Waals surface area contributed by atoms with E-state index in [4.69, 9.17) is 4.74 Å². The molecule has 0 aliphatic carbocycles. The topological polar surface area (TPSA) is 15.7 Å². The zero-order chi connectivity index (χ0) is 16.6. The van der Waals surface area contributed by atoms with Crippen LogP contribution in [0.5, 0.6) is 0 Å². The van der Waals surface area contributed by atoms with Gasteiger partial charge in [-0.2, -0.15) is 0 Å². The van der Waals surface area contributed by atoms with E-state index in [1.165, 1.54) is 0 Å². The summed E-state index contributed by atoms with van der Waals surface area (Å²) in [6.45, 7) is 11.5. The van der Waals surface area contributed by atoms with Crippen LogP contribution in [0.3, 0.4) is 0 Å². The summed E-state index contributed by atoms with van der Waals surface area (Å²) in [5.74, 6) is -2.46. The highest BCUT2D eigenvalue weighted by Gasteiger charge is 2.40. The van der Waals surface area contributed by atoms with Crippen LogP contribution in [-0.2, 0) is 4.74 Å². The summed E-state index contributed by atoms with van der Waals surface area (Å²) in [7, 11) is 2.14. The van der Waals surface area contributed by atoms with Crippen LogP contribution in [0.1, 0.15) is 53.4 Å². The molecule has 0 radical (unpaired) electrons. The maximum atomic E-state index is 13.3. The minimum absolute atomic E-state index is 0.000870. The second-order valence-electron chi connectivity index (χ2n) is 8.26. The van der Waals surface area contributed by atoms with E-state index >= 15 is 0 Å². The molecule has 0 aromatic rings. The molecule has 0 amide bonds. The van der Waals surface area contributed by atoms with Gasteiger partial charge in [-0.1, -0.05) is 0 Å². The third-order valence-corrected chi connectivity index (χ3v) is 5.02. The monoisotopic (exact) mass is 318 g/mol. The highest BCUT2D eigenvalue weighted by molar-refractivity contribution is 4.91. The molecule has 0 N–H and O–H groups in total. The maximum absolute atomic E-state index is 13.3. The van der Waals surface area contributed by atoms with Gasteiger partial charge in [0.25, 0.3) is 5.92 Å². The zero-order valence-electron chi connectivity index (χ0n) is 14.8. The lowest BCUT2D eigenvalue weighted by Crippen LogP contribution is -2.57. The Bertz CT molecular complexity index is 379. The van der Waals surface area contributed by atoms with E-state index in [-0.39, 0.29) is 24.0 Å². The minimum Gasteiger partial charge on any atom is -0.367 e. The molecule has 0 spiro atoms. The quantitative estimate of drug-likeness (QED) is 0.790. The summed E-state index contributed by atoms with van der Waals surface area (Å²) in [4.78, 5) is 4.54. The van der Waals surface area contributed by atoms with Gasteiger partial charge in [0.05, 0.1) is 11.2 Å². The van der Waals surface area contributed by atoms with Crippen LogP contribution in [0.2, 0.25) is 0 Å². The molecular weight excluding hydrogens is 286 g/mol. The lowest BCUT2D eigenvalue weighted by Gasteiger charge is -2.48. The molecule has 0 aromatic heterocycles. The highest BCUT2D eigenvalue weighted by atomic mass is 19.3. The van der Waals surface area contributed by atoms with Gasteiger partial charge in [0.2, 0.25) is 0 Å².